The van der Waals surface area contributed by atoms with E-state index in [1.165, 1.54) is 36.1 Å². The van der Waals surface area contributed by atoms with E-state index in [4.69, 9.17) is 18.9 Å². The summed E-state index contributed by atoms with van der Waals surface area (Å²) in [6, 6.07) is 0. The molecular formula is C20H22IN5O8. The molecule has 13 nitrogen and oxygen atoms in total. The molecule has 34 heavy (non-hydrogen) atoms. The number of fused-ring (bicyclic) bond motifs is 2. The lowest BCUT2D eigenvalue weighted by atomic mass is 10.1. The largest absolute Gasteiger partial charge is 0.463 e. The molecule has 1 saturated heterocycles. The first-order valence-corrected chi connectivity index (χ1v) is 11.3. The van der Waals surface area contributed by atoms with E-state index in [1.807, 2.05) is 22.6 Å². The monoisotopic (exact) mass is 587 g/mol. The molecule has 0 bridgehead atoms. The molecule has 0 aromatic carbocycles. The van der Waals surface area contributed by atoms with Gasteiger partial charge in [-0.3, -0.25) is 28.3 Å². The van der Waals surface area contributed by atoms with Gasteiger partial charge in [-0.1, -0.05) is 0 Å². The number of nitrogens with zero attached hydrogens (tertiary/aromatic N) is 5. The van der Waals surface area contributed by atoms with Gasteiger partial charge in [0.2, 0.25) is 5.78 Å². The van der Waals surface area contributed by atoms with Gasteiger partial charge in [-0.2, -0.15) is 0 Å². The van der Waals surface area contributed by atoms with Crippen molar-refractivity contribution in [3.05, 3.63) is 26.1 Å². The molecule has 1 aliphatic rings. The fourth-order valence-electron chi connectivity index (χ4n) is 4.04. The molecule has 1 aliphatic heterocycles. The van der Waals surface area contributed by atoms with Crippen LogP contribution in [-0.2, 0) is 40.4 Å². The highest BCUT2D eigenvalue weighted by atomic mass is 127. The van der Waals surface area contributed by atoms with E-state index in [9.17, 15) is 19.2 Å². The van der Waals surface area contributed by atoms with Crippen LogP contribution in [-0.4, -0.2) is 66.3 Å². The molecule has 0 saturated carbocycles. The zero-order valence-corrected chi connectivity index (χ0v) is 21.1. The Hall–Kier alpha value is -3.01. The highest BCUT2D eigenvalue weighted by molar-refractivity contribution is 14.1. The van der Waals surface area contributed by atoms with Gasteiger partial charge in [-0.05, 0) is 29.5 Å². The van der Waals surface area contributed by atoms with Crippen LogP contribution in [0, 0.1) is 10.6 Å². The SMILES string of the molecule is CC(=O)OC[C@H]1O[C@@H](n2cnc3c(=O)n4c(I)c(C)nc4n(C)c32)[C@H](OC(C)=O)[C@@H]1OC(C)=O. The fourth-order valence-corrected chi connectivity index (χ4v) is 4.60. The minimum atomic E-state index is -1.10. The first kappa shape index (κ1) is 24.1. The van der Waals surface area contributed by atoms with Crippen LogP contribution in [0.5, 0.6) is 0 Å². The van der Waals surface area contributed by atoms with E-state index in [2.05, 4.69) is 9.97 Å². The van der Waals surface area contributed by atoms with E-state index in [-0.39, 0.29) is 17.7 Å². The second-order valence-electron chi connectivity index (χ2n) is 7.83. The molecule has 3 aromatic rings. The quantitative estimate of drug-likeness (QED) is 0.237. The van der Waals surface area contributed by atoms with Crippen molar-refractivity contribution in [2.45, 2.75) is 52.2 Å². The Balaban J connectivity index is 1.88. The molecule has 0 unspecified atom stereocenters. The standard InChI is InChI=1S/C20H22IN5O8/c1-8-16(21)26-18(30)13-17(24(5)20(26)23-8)25(7-22-13)19-15(33-11(4)29)14(32-10(3)28)12(34-19)6-31-9(2)27/h7,12,14-15,19H,6H2,1-5H3/t12-,14-,15-,19-/m1/s1. The molecule has 182 valence electrons. The number of aromatic nitrogens is 5. The fraction of sp³-hybridized carbons (Fsp3) is 0.500. The lowest BCUT2D eigenvalue weighted by Crippen LogP contribution is -2.40. The number of halogens is 1. The summed E-state index contributed by atoms with van der Waals surface area (Å²) in [6.07, 6.45) is -2.77. The summed E-state index contributed by atoms with van der Waals surface area (Å²) in [5.74, 6) is -1.44. The molecule has 1 fully saturated rings. The molecule has 4 atom stereocenters. The maximum absolute atomic E-state index is 13.2. The van der Waals surface area contributed by atoms with Gasteiger partial charge in [0, 0.05) is 27.8 Å². The Labute approximate surface area is 206 Å². The number of carbonyl (C=O) groups is 3. The number of esters is 3. The summed E-state index contributed by atoms with van der Waals surface area (Å²) in [6.45, 7) is 5.20. The normalized spacial score (nSPS) is 22.3. The van der Waals surface area contributed by atoms with Crippen molar-refractivity contribution < 1.29 is 33.3 Å². The molecule has 4 rings (SSSR count). The van der Waals surface area contributed by atoms with E-state index in [0.29, 0.717) is 20.8 Å². The summed E-state index contributed by atoms with van der Waals surface area (Å²) in [5.41, 5.74) is 0.805. The minimum absolute atomic E-state index is 0.142. The van der Waals surface area contributed by atoms with Crippen LogP contribution in [0.3, 0.4) is 0 Å². The molecule has 0 amide bonds. The second-order valence-corrected chi connectivity index (χ2v) is 8.85. The number of aryl methyl sites for hydroxylation is 2. The molecule has 4 heterocycles. The highest BCUT2D eigenvalue weighted by Gasteiger charge is 2.51. The minimum Gasteiger partial charge on any atom is -0.463 e. The Morgan fingerprint density at radius 3 is 2.38 bits per heavy atom. The molecular weight excluding hydrogens is 565 g/mol. The van der Waals surface area contributed by atoms with Crippen LogP contribution in [0.15, 0.2) is 11.1 Å². The Kier molecular flexibility index (Phi) is 6.37. The van der Waals surface area contributed by atoms with Crippen molar-refractivity contribution in [3.8, 4) is 0 Å². The van der Waals surface area contributed by atoms with Crippen LogP contribution in [0.2, 0.25) is 0 Å². The Morgan fingerprint density at radius 1 is 1.12 bits per heavy atom. The van der Waals surface area contributed by atoms with Gasteiger partial charge in [0.25, 0.3) is 5.56 Å². The van der Waals surface area contributed by atoms with Gasteiger partial charge in [0.15, 0.2) is 29.6 Å². The number of imidazole rings is 2. The van der Waals surface area contributed by atoms with Crippen LogP contribution in [0.25, 0.3) is 16.9 Å². The lowest BCUT2D eigenvalue weighted by molar-refractivity contribution is -0.166. The molecule has 0 spiro atoms. The van der Waals surface area contributed by atoms with Gasteiger partial charge in [-0.15, -0.1) is 0 Å². The van der Waals surface area contributed by atoms with Crippen molar-refractivity contribution in [1.29, 1.82) is 0 Å². The van der Waals surface area contributed by atoms with Crippen LogP contribution >= 0.6 is 22.6 Å². The van der Waals surface area contributed by atoms with Gasteiger partial charge in [-0.25, -0.2) is 14.4 Å². The second kappa shape index (κ2) is 8.98. The maximum atomic E-state index is 13.2. The Bertz CT molecular complexity index is 1370. The number of ether oxygens (including phenoxy) is 4. The predicted molar refractivity (Wildman–Crippen MR) is 123 cm³/mol. The lowest BCUT2D eigenvalue weighted by Gasteiger charge is -2.24. The van der Waals surface area contributed by atoms with Gasteiger partial charge in [0.1, 0.15) is 16.4 Å². The van der Waals surface area contributed by atoms with Crippen molar-refractivity contribution >= 4 is 57.4 Å². The van der Waals surface area contributed by atoms with Crippen LogP contribution < -0.4 is 5.56 Å². The number of rotatable bonds is 5. The smallest absolute Gasteiger partial charge is 0.303 e. The van der Waals surface area contributed by atoms with Crippen LogP contribution in [0.4, 0.5) is 0 Å². The number of carbonyl (C=O) groups excluding carboxylic acids is 3. The number of hydrogen-bond acceptors (Lipinski definition) is 10. The molecule has 3 aromatic heterocycles. The van der Waals surface area contributed by atoms with E-state index < -0.39 is 42.4 Å². The summed E-state index contributed by atoms with van der Waals surface area (Å²) in [5, 5.41) is 0. The van der Waals surface area contributed by atoms with E-state index >= 15 is 0 Å². The van der Waals surface area contributed by atoms with Gasteiger partial charge in [0.05, 0.1) is 12.0 Å². The first-order valence-electron chi connectivity index (χ1n) is 10.2. The summed E-state index contributed by atoms with van der Waals surface area (Å²) in [4.78, 5) is 57.1. The Morgan fingerprint density at radius 2 is 1.76 bits per heavy atom. The summed E-state index contributed by atoms with van der Waals surface area (Å²) >= 11 is 2.05. The summed E-state index contributed by atoms with van der Waals surface area (Å²) in [7, 11) is 1.72. The van der Waals surface area contributed by atoms with Crippen molar-refractivity contribution in [2.75, 3.05) is 6.61 Å². The first-order chi connectivity index (χ1) is 16.0. The topological polar surface area (TPSA) is 145 Å². The van der Waals surface area contributed by atoms with Crippen LogP contribution in [0.1, 0.15) is 32.7 Å². The van der Waals surface area contributed by atoms with E-state index in [1.54, 1.807) is 18.5 Å². The third-order valence-corrected chi connectivity index (χ3v) is 6.63. The van der Waals surface area contributed by atoms with Crippen molar-refractivity contribution in [2.24, 2.45) is 7.05 Å². The molecule has 14 heteroatoms. The van der Waals surface area contributed by atoms with Crippen molar-refractivity contribution in [3.63, 3.8) is 0 Å². The van der Waals surface area contributed by atoms with Crippen molar-refractivity contribution in [1.82, 2.24) is 23.5 Å². The summed E-state index contributed by atoms with van der Waals surface area (Å²) < 4.78 is 27.3. The number of hydrogen-bond donors (Lipinski definition) is 0. The molecule has 0 aliphatic carbocycles. The maximum Gasteiger partial charge on any atom is 0.303 e. The highest BCUT2D eigenvalue weighted by Crippen LogP contribution is 2.36. The molecule has 0 radical (unpaired) electrons. The zero-order valence-electron chi connectivity index (χ0n) is 19.0. The van der Waals surface area contributed by atoms with Gasteiger partial charge < -0.3 is 18.9 Å². The van der Waals surface area contributed by atoms with Gasteiger partial charge >= 0.3 is 17.9 Å². The average Bonchev–Trinajstić information content (AvgIpc) is 3.40. The third-order valence-electron chi connectivity index (χ3n) is 5.37. The average molecular weight is 587 g/mol. The third kappa shape index (κ3) is 4.04. The molecule has 0 N–H and O–H groups in total. The van der Waals surface area contributed by atoms with E-state index in [0.717, 1.165) is 0 Å². The zero-order chi connectivity index (χ0) is 24.9. The predicted octanol–water partition coefficient (Wildman–Crippen LogP) is 0.620.